The maximum absolute atomic E-state index is 13.5. The molecule has 2 aromatic rings. The SMILES string of the molecule is COc1cc2c(cc1S(=O)(=O)c1ccc(C)cc1)[C@H](N1CCCCC1=O)[C@@H](O)C(C)(C)O2. The summed E-state index contributed by atoms with van der Waals surface area (Å²) < 4.78 is 38.5. The molecule has 1 saturated heterocycles. The molecule has 2 aliphatic rings. The van der Waals surface area contributed by atoms with Crippen LogP contribution in [0.15, 0.2) is 46.2 Å². The summed E-state index contributed by atoms with van der Waals surface area (Å²) in [5.74, 6) is 0.506. The second kappa shape index (κ2) is 8.08. The Hall–Kier alpha value is -2.58. The molecule has 8 heteroatoms. The molecule has 172 valence electrons. The van der Waals surface area contributed by atoms with Gasteiger partial charge in [0.05, 0.1) is 18.0 Å². The molecule has 0 radical (unpaired) electrons. The number of likely N-dealkylation sites (tertiary alicyclic amines) is 1. The predicted octanol–water partition coefficient (Wildman–Crippen LogP) is 3.42. The van der Waals surface area contributed by atoms with Crippen molar-refractivity contribution in [3.63, 3.8) is 0 Å². The van der Waals surface area contributed by atoms with Crippen LogP contribution in [0.1, 0.15) is 50.3 Å². The van der Waals surface area contributed by atoms with Crippen molar-refractivity contribution in [3.05, 3.63) is 47.5 Å². The molecule has 0 unspecified atom stereocenters. The lowest BCUT2D eigenvalue weighted by Crippen LogP contribution is -2.55. The summed E-state index contributed by atoms with van der Waals surface area (Å²) in [4.78, 5) is 14.5. The highest BCUT2D eigenvalue weighted by molar-refractivity contribution is 7.91. The minimum absolute atomic E-state index is 0.0208. The number of aliphatic hydroxyl groups excluding tert-OH is 1. The Morgan fingerprint density at radius 2 is 1.84 bits per heavy atom. The van der Waals surface area contributed by atoms with Gasteiger partial charge in [-0.25, -0.2) is 8.42 Å². The van der Waals surface area contributed by atoms with Gasteiger partial charge in [0.2, 0.25) is 15.7 Å². The Labute approximate surface area is 188 Å². The van der Waals surface area contributed by atoms with Crippen LogP contribution >= 0.6 is 0 Å². The summed E-state index contributed by atoms with van der Waals surface area (Å²) in [5, 5.41) is 11.2. The summed E-state index contributed by atoms with van der Waals surface area (Å²) in [6.45, 7) is 5.90. The number of fused-ring (bicyclic) bond motifs is 1. The van der Waals surface area contributed by atoms with Crippen LogP contribution in [0.3, 0.4) is 0 Å². The average Bonchev–Trinajstić information content (AvgIpc) is 2.75. The third-order valence-corrected chi connectivity index (χ3v) is 8.11. The Kier molecular flexibility index (Phi) is 5.71. The smallest absolute Gasteiger partial charge is 0.223 e. The molecule has 0 saturated carbocycles. The maximum Gasteiger partial charge on any atom is 0.223 e. The number of hydrogen-bond donors (Lipinski definition) is 1. The van der Waals surface area contributed by atoms with Crippen LogP contribution in [0.4, 0.5) is 0 Å². The highest BCUT2D eigenvalue weighted by atomic mass is 32.2. The molecule has 1 fully saturated rings. The van der Waals surface area contributed by atoms with Crippen molar-refractivity contribution < 1.29 is 27.8 Å². The van der Waals surface area contributed by atoms with Crippen molar-refractivity contribution in [2.75, 3.05) is 13.7 Å². The normalized spacial score (nSPS) is 22.8. The summed E-state index contributed by atoms with van der Waals surface area (Å²) in [6.07, 6.45) is 1.02. The lowest BCUT2D eigenvalue weighted by atomic mass is 9.84. The number of piperidine rings is 1. The van der Waals surface area contributed by atoms with Gasteiger partial charge in [-0.2, -0.15) is 0 Å². The van der Waals surface area contributed by atoms with Crippen LogP contribution in [0.5, 0.6) is 11.5 Å². The van der Waals surface area contributed by atoms with Gasteiger partial charge in [0.25, 0.3) is 0 Å². The van der Waals surface area contributed by atoms with Crippen LogP contribution in [0, 0.1) is 6.92 Å². The van der Waals surface area contributed by atoms with E-state index in [1.165, 1.54) is 13.2 Å². The first kappa shape index (κ1) is 22.6. The van der Waals surface area contributed by atoms with Gasteiger partial charge in [0.15, 0.2) is 0 Å². The van der Waals surface area contributed by atoms with E-state index in [1.54, 1.807) is 49.1 Å². The quantitative estimate of drug-likeness (QED) is 0.753. The molecule has 2 aromatic carbocycles. The van der Waals surface area contributed by atoms with Gasteiger partial charge in [0.1, 0.15) is 28.1 Å². The number of nitrogens with zero attached hydrogens (tertiary/aromatic N) is 1. The number of amides is 1. The number of benzene rings is 2. The molecule has 32 heavy (non-hydrogen) atoms. The molecule has 0 bridgehead atoms. The zero-order valence-electron chi connectivity index (χ0n) is 18.8. The zero-order valence-corrected chi connectivity index (χ0v) is 19.6. The molecule has 4 rings (SSSR count). The minimum Gasteiger partial charge on any atom is -0.495 e. The van der Waals surface area contributed by atoms with Crippen molar-refractivity contribution in [2.24, 2.45) is 0 Å². The molecule has 0 aliphatic carbocycles. The molecule has 2 atom stereocenters. The fourth-order valence-electron chi connectivity index (χ4n) is 4.44. The van der Waals surface area contributed by atoms with Crippen molar-refractivity contribution in [1.29, 1.82) is 0 Å². The molecule has 1 N–H and O–H groups in total. The number of carbonyl (C=O) groups is 1. The molecule has 1 amide bonds. The molecule has 2 aliphatic heterocycles. The van der Waals surface area contributed by atoms with Gasteiger partial charge in [-0.1, -0.05) is 17.7 Å². The first-order chi connectivity index (χ1) is 15.1. The molecule has 7 nitrogen and oxygen atoms in total. The fourth-order valence-corrected chi connectivity index (χ4v) is 5.88. The van der Waals surface area contributed by atoms with Crippen LogP contribution < -0.4 is 9.47 Å². The highest BCUT2D eigenvalue weighted by Crippen LogP contribution is 2.47. The average molecular weight is 460 g/mol. The number of carbonyl (C=O) groups excluding carboxylic acids is 1. The van der Waals surface area contributed by atoms with Crippen molar-refractivity contribution in [2.45, 2.75) is 67.6 Å². The molecular weight excluding hydrogens is 430 g/mol. The number of methoxy groups -OCH3 is 1. The van der Waals surface area contributed by atoms with E-state index in [-0.39, 0.29) is 21.4 Å². The van der Waals surface area contributed by atoms with Gasteiger partial charge in [-0.05, 0) is 51.8 Å². The third kappa shape index (κ3) is 3.75. The topological polar surface area (TPSA) is 93.1 Å². The zero-order chi connectivity index (χ0) is 23.3. The summed E-state index contributed by atoms with van der Waals surface area (Å²) in [5.41, 5.74) is 0.444. The molecular formula is C24H29NO6S. The largest absolute Gasteiger partial charge is 0.495 e. The highest BCUT2D eigenvalue weighted by Gasteiger charge is 2.48. The number of sulfone groups is 1. The van der Waals surface area contributed by atoms with E-state index in [0.29, 0.717) is 24.3 Å². The number of ether oxygens (including phenoxy) is 2. The van der Waals surface area contributed by atoms with Gasteiger partial charge >= 0.3 is 0 Å². The maximum atomic E-state index is 13.5. The van der Waals surface area contributed by atoms with E-state index in [9.17, 15) is 18.3 Å². The summed E-state index contributed by atoms with van der Waals surface area (Å²) in [7, 11) is -2.50. The fraction of sp³-hybridized carbons (Fsp3) is 0.458. The van der Waals surface area contributed by atoms with Crippen molar-refractivity contribution in [1.82, 2.24) is 4.90 Å². The van der Waals surface area contributed by atoms with Crippen LogP contribution in [0.25, 0.3) is 0 Å². The first-order valence-electron chi connectivity index (χ1n) is 10.8. The second-order valence-corrected chi connectivity index (χ2v) is 10.9. The van der Waals surface area contributed by atoms with Crippen LogP contribution in [0.2, 0.25) is 0 Å². The third-order valence-electron chi connectivity index (χ3n) is 6.32. The lowest BCUT2D eigenvalue weighted by Gasteiger charge is -2.47. The number of rotatable bonds is 4. The van der Waals surface area contributed by atoms with Gasteiger partial charge < -0.3 is 19.5 Å². The molecule has 0 spiro atoms. The molecule has 2 heterocycles. The van der Waals surface area contributed by atoms with E-state index in [0.717, 1.165) is 18.4 Å². The Balaban J connectivity index is 1.91. The van der Waals surface area contributed by atoms with E-state index in [1.807, 2.05) is 6.92 Å². The van der Waals surface area contributed by atoms with Gasteiger partial charge in [-0.15, -0.1) is 0 Å². The standard InChI is InChI=1S/C24H29NO6S/c1-15-8-10-16(11-9-15)32(28,29)20-13-17-18(14-19(20)30-4)31-24(2,3)23(27)22(17)25-12-6-5-7-21(25)26/h8-11,13-14,22-23,27H,5-7,12H2,1-4H3/t22-,23+/m0/s1. The summed E-state index contributed by atoms with van der Waals surface area (Å²) >= 11 is 0. The first-order valence-corrected chi connectivity index (χ1v) is 12.2. The van der Waals surface area contributed by atoms with Gasteiger partial charge in [0, 0.05) is 24.6 Å². The van der Waals surface area contributed by atoms with E-state index >= 15 is 0 Å². The van der Waals surface area contributed by atoms with E-state index in [4.69, 9.17) is 9.47 Å². The van der Waals surface area contributed by atoms with Crippen molar-refractivity contribution in [3.8, 4) is 11.5 Å². The summed E-state index contributed by atoms with van der Waals surface area (Å²) in [6, 6.07) is 8.93. The minimum atomic E-state index is -3.91. The Morgan fingerprint density at radius 1 is 1.16 bits per heavy atom. The predicted molar refractivity (Wildman–Crippen MR) is 119 cm³/mol. The van der Waals surface area contributed by atoms with Crippen molar-refractivity contribution >= 4 is 15.7 Å². The van der Waals surface area contributed by atoms with Crippen LogP contribution in [-0.4, -0.2) is 49.7 Å². The number of aryl methyl sites for hydroxylation is 1. The lowest BCUT2D eigenvalue weighted by molar-refractivity contribution is -0.147. The molecule has 0 aromatic heterocycles. The second-order valence-electron chi connectivity index (χ2n) is 9.00. The Morgan fingerprint density at radius 3 is 2.47 bits per heavy atom. The Bertz CT molecular complexity index is 1140. The van der Waals surface area contributed by atoms with E-state index in [2.05, 4.69) is 0 Å². The number of hydrogen-bond acceptors (Lipinski definition) is 6. The monoisotopic (exact) mass is 459 g/mol. The number of aliphatic hydroxyl groups is 1. The van der Waals surface area contributed by atoms with E-state index < -0.39 is 27.6 Å². The van der Waals surface area contributed by atoms with Crippen LogP contribution in [-0.2, 0) is 14.6 Å². The van der Waals surface area contributed by atoms with Gasteiger partial charge in [-0.3, -0.25) is 4.79 Å².